The van der Waals surface area contributed by atoms with Gasteiger partial charge < -0.3 is 14.2 Å². The summed E-state index contributed by atoms with van der Waals surface area (Å²) in [5.74, 6) is 0.355. The first-order chi connectivity index (χ1) is 11.7. The molecule has 0 saturated carbocycles. The molecule has 0 amide bonds. The molecule has 0 N–H and O–H groups in total. The number of carbonyl (C=O) groups is 1. The van der Waals surface area contributed by atoms with Crippen LogP contribution in [0.4, 0.5) is 0 Å². The van der Waals surface area contributed by atoms with Crippen LogP contribution in [0.3, 0.4) is 0 Å². The zero-order chi connectivity index (χ0) is 16.9. The number of hydrogen-bond acceptors (Lipinski definition) is 5. The number of benzene rings is 2. The summed E-state index contributed by atoms with van der Waals surface area (Å²) in [4.78, 5) is 16.3. The van der Waals surface area contributed by atoms with Gasteiger partial charge in [-0.25, -0.2) is 9.78 Å². The smallest absolute Gasteiger partial charge is 0.343 e. The molecule has 5 heteroatoms. The first-order valence-corrected chi connectivity index (χ1v) is 7.45. The first kappa shape index (κ1) is 15.8. The van der Waals surface area contributed by atoms with Gasteiger partial charge in [0.15, 0.2) is 0 Å². The first-order valence-electron chi connectivity index (χ1n) is 7.45. The summed E-state index contributed by atoms with van der Waals surface area (Å²) in [5.41, 5.74) is 1.98. The average molecular weight is 323 g/mol. The maximum Gasteiger partial charge on any atom is 0.343 e. The standard InChI is InChI=1S/C19H17NO4/c1-22-18-15(19(21)23-2)11-14-9-6-10-16(17(14)20-18)24-12-13-7-4-3-5-8-13/h3-11H,12H2,1-2H3. The SMILES string of the molecule is COC(=O)c1cc2cccc(OCc3ccccc3)c2nc1OC. The lowest BCUT2D eigenvalue weighted by molar-refractivity contribution is 0.0596. The molecule has 0 unspecified atom stereocenters. The minimum atomic E-state index is -0.489. The molecule has 5 nitrogen and oxygen atoms in total. The zero-order valence-corrected chi connectivity index (χ0v) is 13.5. The van der Waals surface area contributed by atoms with Gasteiger partial charge in [-0.3, -0.25) is 0 Å². The van der Waals surface area contributed by atoms with Gasteiger partial charge in [-0.1, -0.05) is 42.5 Å². The van der Waals surface area contributed by atoms with Crippen LogP contribution in [0.5, 0.6) is 11.6 Å². The molecule has 0 aliphatic carbocycles. The third-order valence-corrected chi connectivity index (χ3v) is 3.61. The highest BCUT2D eigenvalue weighted by Gasteiger charge is 2.17. The predicted molar refractivity (Wildman–Crippen MR) is 90.4 cm³/mol. The molecule has 24 heavy (non-hydrogen) atoms. The van der Waals surface area contributed by atoms with Crippen molar-refractivity contribution in [2.45, 2.75) is 6.61 Å². The number of pyridine rings is 1. The van der Waals surface area contributed by atoms with Crippen LogP contribution in [0.25, 0.3) is 10.9 Å². The van der Waals surface area contributed by atoms with E-state index in [2.05, 4.69) is 4.98 Å². The normalized spacial score (nSPS) is 10.4. The molecule has 0 aliphatic rings. The van der Waals surface area contributed by atoms with Crippen molar-refractivity contribution in [3.63, 3.8) is 0 Å². The van der Waals surface area contributed by atoms with Crippen molar-refractivity contribution < 1.29 is 19.0 Å². The van der Waals surface area contributed by atoms with Gasteiger partial charge in [0, 0.05) is 5.39 Å². The molecule has 122 valence electrons. The van der Waals surface area contributed by atoms with Crippen molar-refractivity contribution in [1.82, 2.24) is 4.98 Å². The number of methoxy groups -OCH3 is 2. The monoisotopic (exact) mass is 323 g/mol. The van der Waals surface area contributed by atoms with Crippen molar-refractivity contribution in [3.8, 4) is 11.6 Å². The summed E-state index contributed by atoms with van der Waals surface area (Å²) in [6.07, 6.45) is 0. The topological polar surface area (TPSA) is 57.7 Å². The van der Waals surface area contributed by atoms with Gasteiger partial charge in [0.1, 0.15) is 23.4 Å². The van der Waals surface area contributed by atoms with Gasteiger partial charge in [-0.2, -0.15) is 0 Å². The number of carbonyl (C=O) groups excluding carboxylic acids is 1. The van der Waals surface area contributed by atoms with Crippen molar-refractivity contribution >= 4 is 16.9 Å². The minimum Gasteiger partial charge on any atom is -0.487 e. The summed E-state index contributed by atoms with van der Waals surface area (Å²) < 4.78 is 15.9. The fraction of sp³-hybridized carbons (Fsp3) is 0.158. The fourth-order valence-electron chi connectivity index (χ4n) is 2.42. The highest BCUT2D eigenvalue weighted by atomic mass is 16.5. The average Bonchev–Trinajstić information content (AvgIpc) is 2.65. The van der Waals surface area contributed by atoms with E-state index in [4.69, 9.17) is 14.2 Å². The second kappa shape index (κ2) is 7.00. The number of esters is 1. The predicted octanol–water partition coefficient (Wildman–Crippen LogP) is 3.61. The maximum atomic E-state index is 11.9. The van der Waals surface area contributed by atoms with Gasteiger partial charge in [-0.05, 0) is 17.7 Å². The van der Waals surface area contributed by atoms with Gasteiger partial charge >= 0.3 is 5.97 Å². The van der Waals surface area contributed by atoms with Crippen molar-refractivity contribution in [2.24, 2.45) is 0 Å². The molecule has 0 atom stereocenters. The molecule has 3 aromatic rings. The summed E-state index contributed by atoms with van der Waals surface area (Å²) >= 11 is 0. The number of para-hydroxylation sites is 1. The van der Waals surface area contributed by atoms with Gasteiger partial charge in [0.25, 0.3) is 0 Å². The molecule has 3 rings (SSSR count). The van der Waals surface area contributed by atoms with Gasteiger partial charge in [-0.15, -0.1) is 0 Å². The van der Waals surface area contributed by atoms with Crippen LogP contribution in [0.1, 0.15) is 15.9 Å². The number of hydrogen-bond donors (Lipinski definition) is 0. The highest BCUT2D eigenvalue weighted by Crippen LogP contribution is 2.29. The van der Waals surface area contributed by atoms with Crippen molar-refractivity contribution in [1.29, 1.82) is 0 Å². The van der Waals surface area contributed by atoms with Crippen LogP contribution in [0.2, 0.25) is 0 Å². The van der Waals surface area contributed by atoms with Crippen molar-refractivity contribution in [3.05, 3.63) is 65.7 Å². The van der Waals surface area contributed by atoms with E-state index in [9.17, 15) is 4.79 Å². The number of aromatic nitrogens is 1. The maximum absolute atomic E-state index is 11.9. The zero-order valence-electron chi connectivity index (χ0n) is 13.5. The Morgan fingerprint density at radius 1 is 1.04 bits per heavy atom. The second-order valence-corrected chi connectivity index (χ2v) is 5.14. The molecule has 1 aromatic heterocycles. The number of ether oxygens (including phenoxy) is 3. The Morgan fingerprint density at radius 3 is 2.54 bits per heavy atom. The molecule has 1 heterocycles. The molecule has 2 aromatic carbocycles. The Labute approximate surface area is 139 Å². The van der Waals surface area contributed by atoms with E-state index in [-0.39, 0.29) is 11.4 Å². The van der Waals surface area contributed by atoms with Crippen LogP contribution in [-0.2, 0) is 11.3 Å². The van der Waals surface area contributed by atoms with E-state index in [1.807, 2.05) is 48.5 Å². The van der Waals surface area contributed by atoms with E-state index >= 15 is 0 Å². The Kier molecular flexibility index (Phi) is 4.61. The highest BCUT2D eigenvalue weighted by molar-refractivity contribution is 5.97. The van der Waals surface area contributed by atoms with Crippen LogP contribution < -0.4 is 9.47 Å². The van der Waals surface area contributed by atoms with E-state index in [1.165, 1.54) is 14.2 Å². The van der Waals surface area contributed by atoms with Crippen LogP contribution in [0.15, 0.2) is 54.6 Å². The third kappa shape index (κ3) is 3.15. The molecular weight excluding hydrogens is 306 g/mol. The van der Waals surface area contributed by atoms with E-state index in [0.717, 1.165) is 10.9 Å². The van der Waals surface area contributed by atoms with Crippen molar-refractivity contribution in [2.75, 3.05) is 14.2 Å². The van der Waals surface area contributed by atoms with Gasteiger partial charge in [0.2, 0.25) is 5.88 Å². The van der Waals surface area contributed by atoms with Crippen LogP contribution >= 0.6 is 0 Å². The summed E-state index contributed by atoms with van der Waals surface area (Å²) in [6.45, 7) is 0.433. The Bertz CT molecular complexity index is 862. The largest absolute Gasteiger partial charge is 0.487 e. The minimum absolute atomic E-state index is 0.213. The number of rotatable bonds is 5. The fourth-order valence-corrected chi connectivity index (χ4v) is 2.42. The lowest BCUT2D eigenvalue weighted by Crippen LogP contribution is -2.06. The summed E-state index contributed by atoms with van der Waals surface area (Å²) in [6, 6.07) is 17.1. The van der Waals surface area contributed by atoms with Crippen LogP contribution in [0, 0.1) is 0 Å². The lowest BCUT2D eigenvalue weighted by atomic mass is 10.1. The lowest BCUT2D eigenvalue weighted by Gasteiger charge is -2.12. The van der Waals surface area contributed by atoms with Gasteiger partial charge in [0.05, 0.1) is 14.2 Å². The number of nitrogens with zero attached hydrogens (tertiary/aromatic N) is 1. The van der Waals surface area contributed by atoms with E-state index in [0.29, 0.717) is 17.9 Å². The van der Waals surface area contributed by atoms with Crippen LogP contribution in [-0.4, -0.2) is 25.2 Å². The van der Waals surface area contributed by atoms with E-state index in [1.54, 1.807) is 6.07 Å². The second-order valence-electron chi connectivity index (χ2n) is 5.14. The quantitative estimate of drug-likeness (QED) is 0.671. The molecule has 0 fully saturated rings. The van der Waals surface area contributed by atoms with E-state index < -0.39 is 5.97 Å². The summed E-state index contributed by atoms with van der Waals surface area (Å²) in [5, 5.41) is 0.779. The Morgan fingerprint density at radius 2 is 1.83 bits per heavy atom. The Balaban J connectivity index is 1.98. The molecule has 0 saturated heterocycles. The third-order valence-electron chi connectivity index (χ3n) is 3.61. The Hall–Kier alpha value is -3.08. The molecule has 0 aliphatic heterocycles. The number of fused-ring (bicyclic) bond motifs is 1. The summed E-state index contributed by atoms with van der Waals surface area (Å²) in [7, 11) is 2.79. The molecule has 0 radical (unpaired) electrons. The molecule has 0 bridgehead atoms. The molecular formula is C19H17NO4. The molecule has 0 spiro atoms.